The van der Waals surface area contributed by atoms with Gasteiger partial charge in [-0.2, -0.15) is 0 Å². The third kappa shape index (κ3) is 3.88. The maximum Gasteiger partial charge on any atom is 0.289 e. The van der Waals surface area contributed by atoms with Gasteiger partial charge in [0, 0.05) is 5.69 Å². The van der Waals surface area contributed by atoms with Crippen LogP contribution in [0.15, 0.2) is 42.5 Å². The van der Waals surface area contributed by atoms with Crippen LogP contribution in [0.25, 0.3) is 0 Å². The number of rotatable bonds is 5. The number of hydrogen-bond donors (Lipinski definition) is 1. The highest BCUT2D eigenvalue weighted by atomic mass is 32.2. The number of aryl methyl sites for hydroxylation is 1. The van der Waals surface area contributed by atoms with Crippen LogP contribution in [0.1, 0.15) is 21.5 Å². The second-order valence-corrected chi connectivity index (χ2v) is 6.82. The van der Waals surface area contributed by atoms with Crippen molar-refractivity contribution in [2.24, 2.45) is 0 Å². The lowest BCUT2D eigenvalue weighted by molar-refractivity contribution is -0.125. The number of benzene rings is 2. The minimum Gasteiger partial charge on any atom is -0.496 e. The number of nitrogens with zero attached hydrogens (tertiary/aromatic N) is 1. The van der Waals surface area contributed by atoms with Gasteiger partial charge in [0.1, 0.15) is 5.75 Å². The third-order valence-corrected chi connectivity index (χ3v) is 4.85. The number of thioether (sulfide) groups is 1. The molecule has 26 heavy (non-hydrogen) atoms. The van der Waals surface area contributed by atoms with Crippen molar-refractivity contribution in [3.05, 3.63) is 59.2 Å². The number of methoxy groups -OCH3 is 1. The van der Waals surface area contributed by atoms with Crippen molar-refractivity contribution in [1.29, 1.82) is 0 Å². The highest BCUT2D eigenvalue weighted by Crippen LogP contribution is 2.23. The zero-order chi connectivity index (χ0) is 18.7. The van der Waals surface area contributed by atoms with E-state index in [1.165, 1.54) is 12.0 Å². The molecule has 1 saturated heterocycles. The number of ether oxygens (including phenoxy) is 1. The van der Waals surface area contributed by atoms with E-state index in [1.54, 1.807) is 36.4 Å². The predicted molar refractivity (Wildman–Crippen MR) is 101 cm³/mol. The quantitative estimate of drug-likeness (QED) is 0.872. The van der Waals surface area contributed by atoms with Gasteiger partial charge in [-0.15, -0.1) is 0 Å². The van der Waals surface area contributed by atoms with E-state index in [0.29, 0.717) is 17.0 Å². The van der Waals surface area contributed by atoms with E-state index in [2.05, 4.69) is 5.32 Å². The predicted octanol–water partition coefficient (Wildman–Crippen LogP) is 3.45. The monoisotopic (exact) mass is 370 g/mol. The zero-order valence-corrected chi connectivity index (χ0v) is 15.3. The molecule has 0 unspecified atom stereocenters. The molecule has 0 aliphatic carbocycles. The minimum atomic E-state index is -0.264. The molecule has 2 aromatic carbocycles. The van der Waals surface area contributed by atoms with Gasteiger partial charge >= 0.3 is 0 Å². The van der Waals surface area contributed by atoms with Crippen molar-refractivity contribution >= 4 is 34.5 Å². The summed E-state index contributed by atoms with van der Waals surface area (Å²) >= 11 is 1.02. The molecule has 0 saturated carbocycles. The smallest absolute Gasteiger partial charge is 0.289 e. The van der Waals surface area contributed by atoms with Gasteiger partial charge in [0.05, 0.1) is 25.0 Å². The first-order valence-corrected chi connectivity index (χ1v) is 8.98. The number of nitrogens with one attached hydrogen (secondary N) is 1. The lowest BCUT2D eigenvalue weighted by atomic mass is 10.1. The molecule has 3 rings (SSSR count). The second kappa shape index (κ2) is 7.61. The average molecular weight is 370 g/mol. The average Bonchev–Trinajstić information content (AvgIpc) is 2.95. The van der Waals surface area contributed by atoms with Gasteiger partial charge in [0.15, 0.2) is 0 Å². The van der Waals surface area contributed by atoms with Crippen LogP contribution in [0.5, 0.6) is 5.75 Å². The molecular formula is C19H18N2O4S. The van der Waals surface area contributed by atoms with Crippen LogP contribution < -0.4 is 10.1 Å². The van der Waals surface area contributed by atoms with Crippen LogP contribution in [-0.2, 0) is 11.3 Å². The summed E-state index contributed by atoms with van der Waals surface area (Å²) in [5.41, 5.74) is 2.86. The molecule has 2 aromatic rings. The lowest BCUT2D eigenvalue weighted by Gasteiger charge is -2.13. The summed E-state index contributed by atoms with van der Waals surface area (Å²) in [7, 11) is 1.52. The summed E-state index contributed by atoms with van der Waals surface area (Å²) in [5.74, 6) is 0.266. The molecule has 0 atom stereocenters. The summed E-state index contributed by atoms with van der Waals surface area (Å²) in [6.07, 6.45) is 0. The van der Waals surface area contributed by atoms with Crippen LogP contribution in [-0.4, -0.2) is 34.8 Å². The maximum atomic E-state index is 12.5. The number of carbonyl (C=O) groups excluding carboxylic acids is 3. The van der Waals surface area contributed by atoms with Crippen molar-refractivity contribution in [2.45, 2.75) is 13.5 Å². The highest BCUT2D eigenvalue weighted by Gasteiger charge is 2.29. The molecule has 1 fully saturated rings. The second-order valence-electron chi connectivity index (χ2n) is 5.89. The maximum absolute atomic E-state index is 12.5. The highest BCUT2D eigenvalue weighted by molar-refractivity contribution is 8.14. The Bertz CT molecular complexity index is 848. The van der Waals surface area contributed by atoms with Gasteiger partial charge in [-0.05, 0) is 36.8 Å². The number of carbonyl (C=O) groups is 3. The van der Waals surface area contributed by atoms with Crippen LogP contribution in [0.2, 0.25) is 0 Å². The van der Waals surface area contributed by atoms with Gasteiger partial charge in [-0.25, -0.2) is 0 Å². The van der Waals surface area contributed by atoms with E-state index in [0.717, 1.165) is 22.9 Å². The molecule has 1 aliphatic heterocycles. The lowest BCUT2D eigenvalue weighted by Crippen LogP contribution is -2.27. The first-order chi connectivity index (χ1) is 12.5. The summed E-state index contributed by atoms with van der Waals surface area (Å²) < 4.78 is 5.24. The Hall–Kier alpha value is -2.80. The molecule has 1 aliphatic rings. The first-order valence-electron chi connectivity index (χ1n) is 8.00. The van der Waals surface area contributed by atoms with Crippen molar-refractivity contribution in [2.75, 3.05) is 18.2 Å². The van der Waals surface area contributed by atoms with Crippen molar-refractivity contribution in [3.63, 3.8) is 0 Å². The van der Waals surface area contributed by atoms with E-state index in [9.17, 15) is 14.4 Å². The Morgan fingerprint density at radius 2 is 1.92 bits per heavy atom. The van der Waals surface area contributed by atoms with Crippen LogP contribution in [0.3, 0.4) is 0 Å². The van der Waals surface area contributed by atoms with Gasteiger partial charge < -0.3 is 10.1 Å². The van der Waals surface area contributed by atoms with E-state index < -0.39 is 0 Å². The van der Waals surface area contributed by atoms with Gasteiger partial charge in [0.2, 0.25) is 5.91 Å². The molecular weight excluding hydrogens is 352 g/mol. The fourth-order valence-electron chi connectivity index (χ4n) is 2.61. The third-order valence-electron chi connectivity index (χ3n) is 3.99. The Kier molecular flexibility index (Phi) is 5.27. The molecule has 134 valence electrons. The standard InChI is InChI=1S/C19H18N2O4S/c1-12-3-8-16(25-2)15(9-12)18(23)20-14-6-4-13(5-7-14)10-21-17(22)11-26-19(21)24/h3-9H,10-11H2,1-2H3,(H,20,23). The Balaban J connectivity index is 1.69. The fraction of sp³-hybridized carbons (Fsp3) is 0.211. The Morgan fingerprint density at radius 1 is 1.19 bits per heavy atom. The van der Waals surface area contributed by atoms with Crippen LogP contribution >= 0.6 is 11.8 Å². The zero-order valence-electron chi connectivity index (χ0n) is 14.4. The number of imide groups is 1. The van der Waals surface area contributed by atoms with Crippen molar-refractivity contribution < 1.29 is 19.1 Å². The number of anilines is 1. The Labute approximate surface area is 155 Å². The van der Waals surface area contributed by atoms with Gasteiger partial charge in [-0.1, -0.05) is 35.5 Å². The summed E-state index contributed by atoms with van der Waals surface area (Å²) in [5, 5.41) is 2.60. The summed E-state index contributed by atoms with van der Waals surface area (Å²) in [6, 6.07) is 12.5. The topological polar surface area (TPSA) is 75.7 Å². The summed E-state index contributed by atoms with van der Waals surface area (Å²) in [4.78, 5) is 37.0. The molecule has 1 heterocycles. The van der Waals surface area contributed by atoms with Crippen molar-refractivity contribution in [3.8, 4) is 5.75 Å². The molecule has 0 bridgehead atoms. The SMILES string of the molecule is COc1ccc(C)cc1C(=O)Nc1ccc(CN2C(=O)CSC2=O)cc1. The Morgan fingerprint density at radius 3 is 2.54 bits per heavy atom. The molecule has 0 spiro atoms. The molecule has 6 nitrogen and oxygen atoms in total. The van der Waals surface area contributed by atoms with E-state index >= 15 is 0 Å². The molecule has 7 heteroatoms. The summed E-state index contributed by atoms with van der Waals surface area (Å²) in [6.45, 7) is 2.15. The largest absolute Gasteiger partial charge is 0.496 e. The van der Waals surface area contributed by atoms with Gasteiger partial charge in [0.25, 0.3) is 11.1 Å². The molecule has 0 aromatic heterocycles. The fourth-order valence-corrected chi connectivity index (χ4v) is 3.33. The van der Waals surface area contributed by atoms with Crippen LogP contribution in [0, 0.1) is 6.92 Å². The number of hydrogen-bond acceptors (Lipinski definition) is 5. The first kappa shape index (κ1) is 18.0. The van der Waals surface area contributed by atoms with E-state index in [1.807, 2.05) is 13.0 Å². The number of amides is 3. The minimum absolute atomic E-state index is 0.177. The molecule has 0 radical (unpaired) electrons. The van der Waals surface area contributed by atoms with E-state index in [4.69, 9.17) is 4.74 Å². The van der Waals surface area contributed by atoms with Crippen LogP contribution in [0.4, 0.5) is 10.5 Å². The van der Waals surface area contributed by atoms with Crippen molar-refractivity contribution in [1.82, 2.24) is 4.90 Å². The van der Waals surface area contributed by atoms with E-state index in [-0.39, 0.29) is 29.4 Å². The normalized spacial score (nSPS) is 13.8. The molecule has 3 amide bonds. The van der Waals surface area contributed by atoms with Gasteiger partial charge in [-0.3, -0.25) is 19.3 Å². The molecule has 1 N–H and O–H groups in total.